The maximum atomic E-state index is 13.5. The van der Waals surface area contributed by atoms with Crippen LogP contribution in [0.25, 0.3) is 10.4 Å². The SMILES string of the molecule is CC[C@@H](C)[C@@H](OC(C)=O)C1O[C@@](OCC2O[C@H](OCCCCCNC(=O)OCc3ccccc3)C(N=[N+]=[N-])[C@@H](O)[C@H]2C)(C(=O)OC)C[C@H]2OC(=O)C[C@@H]12. The molecule has 2 N–H and O–H groups in total. The quantitative estimate of drug-likeness (QED) is 0.0540. The molecule has 0 aromatic heterocycles. The molecule has 294 valence electrons. The third-order valence-electron chi connectivity index (χ3n) is 10.0. The van der Waals surface area contributed by atoms with Crippen molar-refractivity contribution in [2.45, 2.75) is 121 Å². The molecule has 1 aromatic rings. The molecule has 17 heteroatoms. The van der Waals surface area contributed by atoms with Crippen LogP contribution in [0.15, 0.2) is 35.4 Å². The van der Waals surface area contributed by atoms with Gasteiger partial charge < -0.3 is 48.3 Å². The van der Waals surface area contributed by atoms with E-state index < -0.39 is 84.5 Å². The van der Waals surface area contributed by atoms with Crippen LogP contribution in [0.3, 0.4) is 0 Å². The van der Waals surface area contributed by atoms with Crippen LogP contribution in [0.4, 0.5) is 4.79 Å². The van der Waals surface area contributed by atoms with E-state index in [0.29, 0.717) is 32.2 Å². The Labute approximate surface area is 308 Å². The average Bonchev–Trinajstić information content (AvgIpc) is 3.53. The smallest absolute Gasteiger partial charge is 0.407 e. The Bertz CT molecular complexity index is 1430. The minimum absolute atomic E-state index is 0.00731. The molecule has 1 aromatic carbocycles. The number of aliphatic hydroxyl groups is 1. The lowest BCUT2D eigenvalue weighted by Gasteiger charge is -2.47. The Hall–Kier alpha value is -3.99. The molecule has 3 unspecified atom stereocenters. The standard InChI is InChI=1S/C36H52N4O13/c1-6-21(2)31(50-23(4)41)32-25-17-28(42)51-26(25)18-36(53-32,34(44)46-5)49-20-27-22(3)30(43)29(39-40-37)33(52-27)47-16-12-8-11-15-38-35(45)48-19-24-13-9-7-10-14-24/h7,9-10,13-14,21-22,25-27,29-33,43H,6,8,11-12,15-20H2,1-5H3,(H,38,45)/t21-,22+,25-,26-,27?,29?,30+,31-,32?,33+,36-/m1/s1. The summed E-state index contributed by atoms with van der Waals surface area (Å²) in [5.74, 6) is -5.37. The van der Waals surface area contributed by atoms with Gasteiger partial charge >= 0.3 is 24.0 Å². The number of esters is 3. The first-order chi connectivity index (χ1) is 25.4. The fourth-order valence-electron chi connectivity index (χ4n) is 6.81. The fourth-order valence-corrected chi connectivity index (χ4v) is 6.81. The molecule has 0 aliphatic carbocycles. The first-order valence-electron chi connectivity index (χ1n) is 18.1. The zero-order valence-electron chi connectivity index (χ0n) is 30.9. The number of amides is 1. The summed E-state index contributed by atoms with van der Waals surface area (Å²) in [6.45, 7) is 7.20. The number of unbranched alkanes of at least 4 members (excludes halogenated alkanes) is 2. The number of carbonyl (C=O) groups is 4. The number of fused-ring (bicyclic) bond motifs is 1. The van der Waals surface area contributed by atoms with E-state index in [4.69, 9.17) is 37.9 Å². The number of benzene rings is 1. The minimum atomic E-state index is -2.08. The van der Waals surface area contributed by atoms with E-state index >= 15 is 0 Å². The first kappa shape index (κ1) is 41.8. The van der Waals surface area contributed by atoms with Crippen molar-refractivity contribution >= 4 is 24.0 Å². The molecule has 3 aliphatic heterocycles. The van der Waals surface area contributed by atoms with E-state index in [-0.39, 0.29) is 38.6 Å². The number of nitrogens with zero attached hydrogens (tertiary/aromatic N) is 3. The van der Waals surface area contributed by atoms with Gasteiger partial charge in [-0.05, 0) is 42.7 Å². The Morgan fingerprint density at radius 1 is 1.19 bits per heavy atom. The van der Waals surface area contributed by atoms with Crippen molar-refractivity contribution < 1.29 is 62.2 Å². The number of methoxy groups -OCH3 is 1. The number of hydrogen-bond donors (Lipinski definition) is 2. The fraction of sp³-hybridized carbons (Fsp3) is 0.722. The number of aliphatic hydroxyl groups excluding tert-OH is 1. The highest BCUT2D eigenvalue weighted by Gasteiger charge is 2.60. The van der Waals surface area contributed by atoms with E-state index in [1.54, 1.807) is 6.92 Å². The number of carbonyl (C=O) groups excluding carboxylic acids is 4. The van der Waals surface area contributed by atoms with Crippen LogP contribution in [-0.4, -0.2) is 105 Å². The molecular weight excluding hydrogens is 696 g/mol. The zero-order chi connectivity index (χ0) is 38.5. The molecule has 17 nitrogen and oxygen atoms in total. The van der Waals surface area contributed by atoms with Gasteiger partial charge in [0.05, 0.1) is 38.8 Å². The van der Waals surface area contributed by atoms with Crippen LogP contribution in [-0.2, 0) is 58.9 Å². The monoisotopic (exact) mass is 748 g/mol. The summed E-state index contributed by atoms with van der Waals surface area (Å²) in [5, 5.41) is 17.6. The number of rotatable bonds is 18. The van der Waals surface area contributed by atoms with Gasteiger partial charge in [-0.25, -0.2) is 9.59 Å². The van der Waals surface area contributed by atoms with Crippen molar-refractivity contribution in [3.05, 3.63) is 46.3 Å². The summed E-state index contributed by atoms with van der Waals surface area (Å²) >= 11 is 0. The molecule has 11 atom stereocenters. The molecule has 0 spiro atoms. The number of ether oxygens (including phenoxy) is 8. The minimum Gasteiger partial charge on any atom is -0.465 e. The van der Waals surface area contributed by atoms with E-state index in [0.717, 1.165) is 5.56 Å². The van der Waals surface area contributed by atoms with E-state index in [9.17, 15) is 29.8 Å². The van der Waals surface area contributed by atoms with E-state index in [1.165, 1.54) is 14.0 Å². The molecule has 0 saturated carbocycles. The summed E-state index contributed by atoms with van der Waals surface area (Å²) in [4.78, 5) is 53.0. The number of hydrogen-bond acceptors (Lipinski definition) is 14. The van der Waals surface area contributed by atoms with Crippen LogP contribution in [0.5, 0.6) is 0 Å². The normalized spacial score (nSPS) is 30.5. The Kier molecular flexibility index (Phi) is 15.7. The highest BCUT2D eigenvalue weighted by atomic mass is 16.8. The van der Waals surface area contributed by atoms with Crippen molar-refractivity contribution in [3.8, 4) is 0 Å². The second-order valence-corrected chi connectivity index (χ2v) is 13.7. The molecule has 0 radical (unpaired) electrons. The molecule has 3 aliphatic rings. The molecule has 4 rings (SSSR count). The summed E-state index contributed by atoms with van der Waals surface area (Å²) in [7, 11) is 1.17. The van der Waals surface area contributed by atoms with E-state index in [2.05, 4.69) is 15.3 Å². The summed E-state index contributed by atoms with van der Waals surface area (Å²) in [6.07, 6.45) is -3.99. The lowest BCUT2D eigenvalue weighted by molar-refractivity contribution is -0.328. The molecule has 0 bridgehead atoms. The number of azide groups is 1. The highest BCUT2D eigenvalue weighted by Crippen LogP contribution is 2.45. The Balaban J connectivity index is 1.37. The summed E-state index contributed by atoms with van der Waals surface area (Å²) < 4.78 is 46.4. The van der Waals surface area contributed by atoms with Crippen molar-refractivity contribution in [3.63, 3.8) is 0 Å². The first-order valence-corrected chi connectivity index (χ1v) is 18.1. The van der Waals surface area contributed by atoms with Gasteiger partial charge in [-0.2, -0.15) is 0 Å². The van der Waals surface area contributed by atoms with Crippen molar-refractivity contribution in [2.75, 3.05) is 26.9 Å². The van der Waals surface area contributed by atoms with Crippen LogP contribution in [0.2, 0.25) is 0 Å². The summed E-state index contributed by atoms with van der Waals surface area (Å²) in [5.41, 5.74) is 10.1. The maximum absolute atomic E-state index is 13.5. The second-order valence-electron chi connectivity index (χ2n) is 13.7. The Morgan fingerprint density at radius 2 is 1.94 bits per heavy atom. The molecule has 3 fully saturated rings. The van der Waals surface area contributed by atoms with Gasteiger partial charge in [-0.15, -0.1) is 0 Å². The van der Waals surface area contributed by atoms with Gasteiger partial charge in [-0.1, -0.05) is 56.2 Å². The average molecular weight is 749 g/mol. The molecular formula is C36H52N4O13. The highest BCUT2D eigenvalue weighted by molar-refractivity contribution is 5.79. The van der Waals surface area contributed by atoms with Crippen LogP contribution >= 0.6 is 0 Å². The third-order valence-corrected chi connectivity index (χ3v) is 10.0. The molecule has 1 amide bonds. The zero-order valence-corrected chi connectivity index (χ0v) is 30.9. The maximum Gasteiger partial charge on any atom is 0.407 e. The van der Waals surface area contributed by atoms with Gasteiger partial charge in [0.25, 0.3) is 5.79 Å². The predicted octanol–water partition coefficient (Wildman–Crippen LogP) is 4.08. The van der Waals surface area contributed by atoms with Gasteiger partial charge in [-0.3, -0.25) is 9.59 Å². The van der Waals surface area contributed by atoms with Crippen LogP contribution < -0.4 is 5.32 Å². The van der Waals surface area contributed by atoms with Gasteiger partial charge in [0, 0.05) is 36.8 Å². The lowest BCUT2D eigenvalue weighted by atomic mass is 9.80. The molecule has 3 saturated heterocycles. The van der Waals surface area contributed by atoms with Gasteiger partial charge in [0.15, 0.2) is 6.29 Å². The number of nitrogens with one attached hydrogen (secondary N) is 1. The van der Waals surface area contributed by atoms with Crippen LogP contribution in [0.1, 0.15) is 71.8 Å². The van der Waals surface area contributed by atoms with E-state index in [1.807, 2.05) is 44.2 Å². The van der Waals surface area contributed by atoms with Gasteiger partial charge in [0.2, 0.25) is 0 Å². The van der Waals surface area contributed by atoms with Gasteiger partial charge in [0.1, 0.15) is 31.0 Å². The second kappa shape index (κ2) is 19.9. The largest absolute Gasteiger partial charge is 0.465 e. The lowest BCUT2D eigenvalue weighted by Crippen LogP contribution is -2.62. The summed E-state index contributed by atoms with van der Waals surface area (Å²) in [6, 6.07) is 8.28. The van der Waals surface area contributed by atoms with Crippen molar-refractivity contribution in [2.24, 2.45) is 22.9 Å². The topological polar surface area (TPSA) is 223 Å². The van der Waals surface area contributed by atoms with Crippen molar-refractivity contribution in [1.82, 2.24) is 5.32 Å². The number of alkyl carbamates (subject to hydrolysis) is 1. The molecule has 3 heterocycles. The Morgan fingerprint density at radius 3 is 2.62 bits per heavy atom. The van der Waals surface area contributed by atoms with Crippen LogP contribution in [0, 0.1) is 17.8 Å². The predicted molar refractivity (Wildman–Crippen MR) is 184 cm³/mol. The third kappa shape index (κ3) is 11.0. The van der Waals surface area contributed by atoms with Crippen molar-refractivity contribution in [1.29, 1.82) is 0 Å². The molecule has 53 heavy (non-hydrogen) atoms.